The number of hydrogen-bond donors (Lipinski definition) is 4. The number of hydrogen-bond acceptors (Lipinski definition) is 10. The molecule has 316 valence electrons. The molecule has 0 aromatic rings. The maximum Gasteiger partial charge on any atom is 0.335 e. The fourth-order valence-corrected chi connectivity index (χ4v) is 5.98. The first-order chi connectivity index (χ1) is 26.7. The van der Waals surface area contributed by atoms with E-state index < -0.39 is 61.3 Å². The lowest BCUT2D eigenvalue weighted by Gasteiger charge is -2.38. The zero-order chi connectivity index (χ0) is 40.4. The number of aliphatic hydroxyl groups excluding tert-OH is 3. The molecule has 55 heavy (non-hydrogen) atoms. The van der Waals surface area contributed by atoms with E-state index in [0.717, 1.165) is 89.9 Å². The van der Waals surface area contributed by atoms with Crippen LogP contribution in [-0.2, 0) is 33.3 Å². The Morgan fingerprint density at radius 2 is 1.04 bits per heavy atom. The zero-order valence-electron chi connectivity index (χ0n) is 33.9. The average Bonchev–Trinajstić information content (AvgIpc) is 3.17. The number of aliphatic carboxylic acids is 1. The lowest BCUT2D eigenvalue weighted by atomic mass is 9.99. The molecule has 0 spiro atoms. The monoisotopic (exact) mass is 779 g/mol. The second-order valence-electron chi connectivity index (χ2n) is 14.5. The summed E-state index contributed by atoms with van der Waals surface area (Å²) in [6, 6.07) is 0. The molecular formula is C44H74O11. The maximum atomic E-state index is 12.7. The largest absolute Gasteiger partial charge is 0.479 e. The molecule has 1 fully saturated rings. The smallest absolute Gasteiger partial charge is 0.335 e. The van der Waals surface area contributed by atoms with E-state index in [9.17, 15) is 34.8 Å². The molecule has 1 saturated heterocycles. The van der Waals surface area contributed by atoms with Gasteiger partial charge in [-0.1, -0.05) is 127 Å². The summed E-state index contributed by atoms with van der Waals surface area (Å²) < 4.78 is 21.7. The fraction of sp³-hybridized carbons (Fsp3) is 0.750. The van der Waals surface area contributed by atoms with Crippen molar-refractivity contribution in [3.8, 4) is 0 Å². The first-order valence-electron chi connectivity index (χ1n) is 21.2. The third-order valence-corrected chi connectivity index (χ3v) is 9.40. The number of carboxylic acid groups (broad SMARTS) is 1. The van der Waals surface area contributed by atoms with E-state index in [4.69, 9.17) is 18.9 Å². The van der Waals surface area contributed by atoms with Crippen LogP contribution in [-0.4, -0.2) is 88.4 Å². The van der Waals surface area contributed by atoms with Gasteiger partial charge in [0.2, 0.25) is 0 Å². The predicted octanol–water partition coefficient (Wildman–Crippen LogP) is 8.59. The van der Waals surface area contributed by atoms with Crippen molar-refractivity contribution in [1.82, 2.24) is 0 Å². The Morgan fingerprint density at radius 3 is 1.56 bits per heavy atom. The van der Waals surface area contributed by atoms with Crippen LogP contribution in [0.3, 0.4) is 0 Å². The van der Waals surface area contributed by atoms with Gasteiger partial charge in [-0.15, -0.1) is 0 Å². The highest BCUT2D eigenvalue weighted by Gasteiger charge is 2.47. The molecule has 11 heteroatoms. The second-order valence-corrected chi connectivity index (χ2v) is 14.5. The van der Waals surface area contributed by atoms with E-state index in [1.807, 2.05) is 0 Å². The van der Waals surface area contributed by atoms with Crippen LogP contribution in [0.1, 0.15) is 162 Å². The Bertz CT molecular complexity index is 1100. The van der Waals surface area contributed by atoms with Gasteiger partial charge in [0.1, 0.15) is 24.9 Å². The van der Waals surface area contributed by atoms with Crippen LogP contribution in [0.25, 0.3) is 0 Å². The van der Waals surface area contributed by atoms with Gasteiger partial charge in [0.05, 0.1) is 6.61 Å². The highest BCUT2D eigenvalue weighted by atomic mass is 16.7. The third-order valence-electron chi connectivity index (χ3n) is 9.40. The third kappa shape index (κ3) is 26.6. The lowest BCUT2D eigenvalue weighted by molar-refractivity contribution is -0.298. The number of carbonyl (C=O) groups is 3. The molecule has 1 aliphatic heterocycles. The Hall–Kier alpha value is -2.83. The van der Waals surface area contributed by atoms with Crippen molar-refractivity contribution in [2.75, 3.05) is 13.2 Å². The minimum absolute atomic E-state index is 0.162. The summed E-state index contributed by atoms with van der Waals surface area (Å²) in [5.41, 5.74) is 0. The topological polar surface area (TPSA) is 169 Å². The van der Waals surface area contributed by atoms with Crippen LogP contribution in [0.4, 0.5) is 0 Å². The van der Waals surface area contributed by atoms with Gasteiger partial charge in [0, 0.05) is 12.8 Å². The first kappa shape index (κ1) is 50.2. The lowest BCUT2D eigenvalue weighted by Crippen LogP contribution is -2.60. The summed E-state index contributed by atoms with van der Waals surface area (Å²) in [6.07, 6.45) is 30.2. The van der Waals surface area contributed by atoms with E-state index in [1.165, 1.54) is 32.1 Å². The van der Waals surface area contributed by atoms with Crippen molar-refractivity contribution in [3.63, 3.8) is 0 Å². The van der Waals surface area contributed by atoms with Crippen LogP contribution in [0.15, 0.2) is 48.6 Å². The standard InChI is InChI=1S/C44H74O11/c1-3-5-7-9-11-13-15-17-19-21-22-24-26-28-30-32-37(45)52-34-36(35-53-44-41(49)39(47)40(48)42(55-44)43(50)51)54-38(46)33-31-29-27-25-23-20-18-16-14-12-10-8-6-4-2/h10-13,16-19,36,39-42,44,47-49H,3-9,14-15,20-35H2,1-2H3,(H,50,51)/b12-10-,13-11-,18-16-,19-17-. The molecule has 0 radical (unpaired) electrons. The molecule has 0 aliphatic carbocycles. The highest BCUT2D eigenvalue weighted by molar-refractivity contribution is 5.73. The molecule has 6 atom stereocenters. The molecule has 0 bridgehead atoms. The summed E-state index contributed by atoms with van der Waals surface area (Å²) >= 11 is 0. The molecule has 0 saturated carbocycles. The van der Waals surface area contributed by atoms with E-state index in [-0.39, 0.29) is 19.4 Å². The second kappa shape index (κ2) is 34.4. The van der Waals surface area contributed by atoms with Crippen molar-refractivity contribution >= 4 is 17.9 Å². The Kier molecular flexibility index (Phi) is 31.4. The zero-order valence-corrected chi connectivity index (χ0v) is 33.9. The summed E-state index contributed by atoms with van der Waals surface area (Å²) in [7, 11) is 0. The molecule has 0 amide bonds. The molecule has 6 unspecified atom stereocenters. The van der Waals surface area contributed by atoms with Crippen molar-refractivity contribution in [1.29, 1.82) is 0 Å². The average molecular weight is 779 g/mol. The maximum absolute atomic E-state index is 12.7. The summed E-state index contributed by atoms with van der Waals surface area (Å²) in [6.45, 7) is 3.70. The van der Waals surface area contributed by atoms with Crippen molar-refractivity contribution in [2.45, 2.75) is 198 Å². The van der Waals surface area contributed by atoms with Crippen LogP contribution in [0.2, 0.25) is 0 Å². The number of allylic oxidation sites excluding steroid dienone is 8. The number of carboxylic acids is 1. The molecule has 1 heterocycles. The van der Waals surface area contributed by atoms with Gasteiger partial charge < -0.3 is 39.4 Å². The van der Waals surface area contributed by atoms with Gasteiger partial charge >= 0.3 is 17.9 Å². The van der Waals surface area contributed by atoms with Crippen molar-refractivity contribution in [3.05, 3.63) is 48.6 Å². The molecule has 0 aromatic carbocycles. The summed E-state index contributed by atoms with van der Waals surface area (Å²) in [4.78, 5) is 36.7. The molecular weight excluding hydrogens is 704 g/mol. The quantitative estimate of drug-likeness (QED) is 0.0280. The highest BCUT2D eigenvalue weighted by Crippen LogP contribution is 2.23. The van der Waals surface area contributed by atoms with Crippen LogP contribution in [0, 0.1) is 0 Å². The van der Waals surface area contributed by atoms with Gasteiger partial charge in [-0.3, -0.25) is 9.59 Å². The Labute approximate surface area is 331 Å². The van der Waals surface area contributed by atoms with Gasteiger partial charge in [-0.25, -0.2) is 4.79 Å². The van der Waals surface area contributed by atoms with Crippen molar-refractivity contribution in [2.24, 2.45) is 0 Å². The number of ether oxygens (including phenoxy) is 4. The SMILES string of the molecule is CCCC/C=C\C/C=C\CCCCCCCC(=O)OC(COC(=O)CCCCCCC/C=C\C/C=C\CCCCC)COC1OC(C(=O)O)C(O)C(O)C1O. The van der Waals surface area contributed by atoms with Crippen LogP contribution >= 0.6 is 0 Å². The molecule has 1 aliphatic rings. The Balaban J connectivity index is 2.43. The number of esters is 2. The number of unbranched alkanes of at least 4 members (excludes halogenated alkanes) is 15. The minimum atomic E-state index is -1.87. The number of aliphatic hydroxyl groups is 3. The summed E-state index contributed by atoms with van der Waals surface area (Å²) in [5.74, 6) is -2.49. The fourth-order valence-electron chi connectivity index (χ4n) is 5.98. The molecule has 0 aromatic heterocycles. The van der Waals surface area contributed by atoms with Gasteiger partial charge in [-0.2, -0.15) is 0 Å². The number of carbonyl (C=O) groups excluding carboxylic acids is 2. The van der Waals surface area contributed by atoms with Crippen LogP contribution < -0.4 is 0 Å². The summed E-state index contributed by atoms with van der Waals surface area (Å²) in [5, 5.41) is 39.7. The van der Waals surface area contributed by atoms with Gasteiger partial charge in [0.15, 0.2) is 18.5 Å². The molecule has 1 rings (SSSR count). The first-order valence-corrected chi connectivity index (χ1v) is 21.2. The normalized spacial score (nSPS) is 20.9. The van der Waals surface area contributed by atoms with E-state index in [1.54, 1.807) is 0 Å². The van der Waals surface area contributed by atoms with Crippen LogP contribution in [0.5, 0.6) is 0 Å². The van der Waals surface area contributed by atoms with Gasteiger partial charge in [-0.05, 0) is 70.6 Å². The number of rotatable bonds is 34. The predicted molar refractivity (Wildman–Crippen MR) is 215 cm³/mol. The molecule has 11 nitrogen and oxygen atoms in total. The Morgan fingerprint density at radius 1 is 0.564 bits per heavy atom. The van der Waals surface area contributed by atoms with E-state index in [2.05, 4.69) is 62.5 Å². The molecule has 4 N–H and O–H groups in total. The van der Waals surface area contributed by atoms with Gasteiger partial charge in [0.25, 0.3) is 0 Å². The minimum Gasteiger partial charge on any atom is -0.479 e. The van der Waals surface area contributed by atoms with E-state index >= 15 is 0 Å². The van der Waals surface area contributed by atoms with E-state index in [0.29, 0.717) is 12.8 Å². The van der Waals surface area contributed by atoms with Crippen molar-refractivity contribution < 1.29 is 53.8 Å².